The van der Waals surface area contributed by atoms with Gasteiger partial charge in [-0.05, 0) is 19.1 Å². The van der Waals surface area contributed by atoms with Crippen LogP contribution in [0.15, 0.2) is 42.5 Å². The van der Waals surface area contributed by atoms with E-state index in [4.69, 9.17) is 0 Å². The number of ketones is 1. The van der Waals surface area contributed by atoms with Crippen molar-refractivity contribution in [2.24, 2.45) is 0 Å². The molecule has 0 aliphatic carbocycles. The van der Waals surface area contributed by atoms with Gasteiger partial charge in [0.15, 0.2) is 5.78 Å². The highest BCUT2D eigenvalue weighted by molar-refractivity contribution is 6.04. The Morgan fingerprint density at radius 2 is 2.00 bits per heavy atom. The minimum atomic E-state index is -0.0108. The van der Waals surface area contributed by atoms with E-state index in [0.717, 1.165) is 0 Å². The molecule has 0 heterocycles. The Balaban J connectivity index is 2.73. The molecule has 0 aliphatic rings. The van der Waals surface area contributed by atoms with Gasteiger partial charge in [0, 0.05) is 5.56 Å². The van der Waals surface area contributed by atoms with E-state index in [9.17, 15) is 4.79 Å². The molecule has 0 saturated carbocycles. The Bertz CT molecular complexity index is 363. The summed E-state index contributed by atoms with van der Waals surface area (Å²) in [7, 11) is 0. The molecule has 1 aromatic rings. The molecule has 0 fully saturated rings. The van der Waals surface area contributed by atoms with Crippen molar-refractivity contribution >= 4 is 5.78 Å². The highest BCUT2D eigenvalue weighted by Gasteiger charge is 1.97. The third kappa shape index (κ3) is 2.96. The molecule has 0 saturated heterocycles. The molecule has 0 atom stereocenters. The summed E-state index contributed by atoms with van der Waals surface area (Å²) in [6.07, 6.45) is 3.04. The number of allylic oxidation sites excluding steroid dienone is 2. The molecule has 0 radical (unpaired) electrons. The van der Waals surface area contributed by atoms with E-state index < -0.39 is 0 Å². The van der Waals surface area contributed by atoms with Crippen LogP contribution in [0.4, 0.5) is 0 Å². The van der Waals surface area contributed by atoms with Gasteiger partial charge in [-0.1, -0.05) is 36.3 Å². The molecule has 0 aliphatic heterocycles. The van der Waals surface area contributed by atoms with Crippen LogP contribution in [-0.4, -0.2) is 5.78 Å². The van der Waals surface area contributed by atoms with Gasteiger partial charge >= 0.3 is 0 Å². The van der Waals surface area contributed by atoms with Crippen molar-refractivity contribution < 1.29 is 4.79 Å². The van der Waals surface area contributed by atoms with Gasteiger partial charge in [-0.15, -0.1) is 5.92 Å². The Labute approximate surface area is 78.1 Å². The zero-order chi connectivity index (χ0) is 9.52. The summed E-state index contributed by atoms with van der Waals surface area (Å²) in [5.41, 5.74) is 0.691. The summed E-state index contributed by atoms with van der Waals surface area (Å²) in [5, 5.41) is 0. The highest BCUT2D eigenvalue weighted by atomic mass is 16.1. The summed E-state index contributed by atoms with van der Waals surface area (Å²) >= 11 is 0. The Morgan fingerprint density at radius 1 is 1.31 bits per heavy atom. The fraction of sp³-hybridized carbons (Fsp3) is 0.0833. The van der Waals surface area contributed by atoms with E-state index in [-0.39, 0.29) is 5.78 Å². The van der Waals surface area contributed by atoms with E-state index in [1.54, 1.807) is 25.1 Å². The number of carbonyl (C=O) groups is 1. The summed E-state index contributed by atoms with van der Waals surface area (Å²) < 4.78 is 0. The van der Waals surface area contributed by atoms with E-state index >= 15 is 0 Å². The van der Waals surface area contributed by atoms with Crippen LogP contribution in [0.1, 0.15) is 17.3 Å². The highest BCUT2D eigenvalue weighted by Crippen LogP contribution is 2.00. The summed E-state index contributed by atoms with van der Waals surface area (Å²) in [4.78, 5) is 11.4. The number of hydrogen-bond acceptors (Lipinski definition) is 1. The first-order valence-corrected chi connectivity index (χ1v) is 4.03. The molecule has 0 bridgehead atoms. The average molecular weight is 170 g/mol. The molecule has 1 aromatic carbocycles. The maximum absolute atomic E-state index is 11.4. The van der Waals surface area contributed by atoms with E-state index in [1.807, 2.05) is 18.2 Å². The zero-order valence-corrected chi connectivity index (χ0v) is 7.45. The predicted molar refractivity (Wildman–Crippen MR) is 53.4 cm³/mol. The Morgan fingerprint density at radius 3 is 2.62 bits per heavy atom. The molecule has 1 rings (SSSR count). The molecule has 13 heavy (non-hydrogen) atoms. The van der Waals surface area contributed by atoms with Crippen LogP contribution in [-0.2, 0) is 0 Å². The molecule has 0 unspecified atom stereocenters. The maximum Gasteiger partial charge on any atom is 0.186 e. The molecular formula is C12H10O. The molecule has 64 valence electrons. The van der Waals surface area contributed by atoms with Crippen molar-refractivity contribution in [3.63, 3.8) is 0 Å². The minimum absolute atomic E-state index is 0.0108. The standard InChI is InChI=1S/C12H10O/c1-2-3-5-10-12(13)11-8-6-4-7-9-11/h4-10H,1H3/b10-5+. The first-order chi connectivity index (χ1) is 6.34. The van der Waals surface area contributed by atoms with Crippen LogP contribution in [0.3, 0.4) is 0 Å². The lowest BCUT2D eigenvalue weighted by molar-refractivity contribution is 0.104. The largest absolute Gasteiger partial charge is 0.289 e. The van der Waals surface area contributed by atoms with Crippen molar-refractivity contribution in [1.82, 2.24) is 0 Å². The van der Waals surface area contributed by atoms with Crippen LogP contribution in [0.5, 0.6) is 0 Å². The van der Waals surface area contributed by atoms with Gasteiger partial charge in [0.25, 0.3) is 0 Å². The molecule has 0 spiro atoms. The fourth-order valence-electron chi connectivity index (χ4n) is 0.899. The SMILES string of the molecule is CC#C/C=C/C(=O)c1ccccc1. The third-order valence-corrected chi connectivity index (χ3v) is 1.52. The van der Waals surface area contributed by atoms with Crippen molar-refractivity contribution in [2.45, 2.75) is 6.92 Å². The second-order valence-electron chi connectivity index (χ2n) is 2.46. The van der Waals surface area contributed by atoms with E-state index in [1.165, 1.54) is 6.08 Å². The van der Waals surface area contributed by atoms with Crippen LogP contribution in [0, 0.1) is 11.8 Å². The number of carbonyl (C=O) groups excluding carboxylic acids is 1. The van der Waals surface area contributed by atoms with Crippen LogP contribution < -0.4 is 0 Å². The second kappa shape index (κ2) is 4.95. The van der Waals surface area contributed by atoms with E-state index in [0.29, 0.717) is 5.56 Å². The lowest BCUT2D eigenvalue weighted by atomic mass is 10.1. The topological polar surface area (TPSA) is 17.1 Å². The first kappa shape index (κ1) is 9.28. The van der Waals surface area contributed by atoms with Gasteiger partial charge in [-0.3, -0.25) is 4.79 Å². The smallest absolute Gasteiger partial charge is 0.186 e. The minimum Gasteiger partial charge on any atom is -0.289 e. The van der Waals surface area contributed by atoms with Gasteiger partial charge in [0.1, 0.15) is 0 Å². The monoisotopic (exact) mass is 170 g/mol. The fourth-order valence-corrected chi connectivity index (χ4v) is 0.899. The Hall–Kier alpha value is -1.81. The number of benzene rings is 1. The van der Waals surface area contributed by atoms with Crippen LogP contribution in [0.25, 0.3) is 0 Å². The van der Waals surface area contributed by atoms with Gasteiger partial charge < -0.3 is 0 Å². The van der Waals surface area contributed by atoms with Crippen LogP contribution >= 0.6 is 0 Å². The van der Waals surface area contributed by atoms with Gasteiger partial charge in [-0.25, -0.2) is 0 Å². The summed E-state index contributed by atoms with van der Waals surface area (Å²) in [5.74, 6) is 5.37. The Kier molecular flexibility index (Phi) is 3.53. The number of hydrogen-bond donors (Lipinski definition) is 0. The third-order valence-electron chi connectivity index (χ3n) is 1.52. The number of rotatable bonds is 2. The molecule has 0 aromatic heterocycles. The second-order valence-corrected chi connectivity index (χ2v) is 2.46. The van der Waals surface area contributed by atoms with Crippen molar-refractivity contribution in [1.29, 1.82) is 0 Å². The van der Waals surface area contributed by atoms with Crippen molar-refractivity contribution in [3.8, 4) is 11.8 Å². The molecular weight excluding hydrogens is 160 g/mol. The average Bonchev–Trinajstić information content (AvgIpc) is 2.19. The maximum atomic E-state index is 11.4. The van der Waals surface area contributed by atoms with Gasteiger partial charge in [-0.2, -0.15) is 0 Å². The lowest BCUT2D eigenvalue weighted by Crippen LogP contribution is -1.92. The quantitative estimate of drug-likeness (QED) is 0.378. The van der Waals surface area contributed by atoms with Gasteiger partial charge in [0.05, 0.1) is 0 Å². The normalized spacial score (nSPS) is 9.31. The molecule has 1 nitrogen and oxygen atoms in total. The first-order valence-electron chi connectivity index (χ1n) is 4.03. The van der Waals surface area contributed by atoms with Crippen molar-refractivity contribution in [3.05, 3.63) is 48.0 Å². The van der Waals surface area contributed by atoms with E-state index in [2.05, 4.69) is 11.8 Å². The van der Waals surface area contributed by atoms with Gasteiger partial charge in [0.2, 0.25) is 0 Å². The summed E-state index contributed by atoms with van der Waals surface area (Å²) in [6.45, 7) is 1.73. The van der Waals surface area contributed by atoms with Crippen molar-refractivity contribution in [2.75, 3.05) is 0 Å². The molecule has 0 N–H and O–H groups in total. The van der Waals surface area contributed by atoms with Crippen LogP contribution in [0.2, 0.25) is 0 Å². The molecule has 0 amide bonds. The molecule has 1 heteroatoms. The predicted octanol–water partition coefficient (Wildman–Crippen LogP) is 2.45. The zero-order valence-electron chi connectivity index (χ0n) is 7.45. The summed E-state index contributed by atoms with van der Waals surface area (Å²) in [6, 6.07) is 9.13. The lowest BCUT2D eigenvalue weighted by Gasteiger charge is -1.91.